The van der Waals surface area contributed by atoms with Gasteiger partial charge in [-0.3, -0.25) is 4.79 Å². The number of aliphatic carboxylic acids is 1. The second-order valence-electron chi connectivity index (χ2n) is 5.69. The van der Waals surface area contributed by atoms with Crippen LogP contribution in [0.3, 0.4) is 0 Å². The molecule has 0 aliphatic carbocycles. The van der Waals surface area contributed by atoms with E-state index in [1.54, 1.807) is 0 Å². The van der Waals surface area contributed by atoms with Crippen LogP contribution in [0.1, 0.15) is 42.9 Å². The largest absolute Gasteiger partial charge is 0.481 e. The van der Waals surface area contributed by atoms with Gasteiger partial charge in [0, 0.05) is 6.54 Å². The Hall–Kier alpha value is -1.35. The first-order valence-corrected chi connectivity index (χ1v) is 7.47. The van der Waals surface area contributed by atoms with Crippen LogP contribution in [0.2, 0.25) is 0 Å². The van der Waals surface area contributed by atoms with Gasteiger partial charge < -0.3 is 10.8 Å². The van der Waals surface area contributed by atoms with E-state index in [1.807, 2.05) is 0 Å². The maximum atomic E-state index is 11.1. The van der Waals surface area contributed by atoms with Crippen molar-refractivity contribution in [3.05, 3.63) is 34.9 Å². The van der Waals surface area contributed by atoms with Gasteiger partial charge in [-0.1, -0.05) is 31.5 Å². The van der Waals surface area contributed by atoms with Gasteiger partial charge in [0.05, 0.1) is 5.92 Å². The molecule has 0 fully saturated rings. The smallest absolute Gasteiger partial charge is 0.307 e. The van der Waals surface area contributed by atoms with Crippen LogP contribution in [0, 0.1) is 25.7 Å². The number of carbonyl (C=O) groups is 1. The lowest BCUT2D eigenvalue weighted by Crippen LogP contribution is -2.26. The van der Waals surface area contributed by atoms with Crippen LogP contribution in [-0.4, -0.2) is 17.6 Å². The molecule has 3 heteroatoms. The van der Waals surface area contributed by atoms with Crippen LogP contribution in [0.25, 0.3) is 0 Å². The van der Waals surface area contributed by atoms with E-state index in [-0.39, 0.29) is 6.54 Å². The summed E-state index contributed by atoms with van der Waals surface area (Å²) in [5, 5.41) is 9.11. The lowest BCUT2D eigenvalue weighted by Gasteiger charge is -2.20. The Morgan fingerprint density at radius 2 is 1.90 bits per heavy atom. The lowest BCUT2D eigenvalue weighted by molar-refractivity contribution is -0.142. The van der Waals surface area contributed by atoms with Gasteiger partial charge in [-0.2, -0.15) is 0 Å². The minimum absolute atomic E-state index is 0.231. The van der Waals surface area contributed by atoms with Crippen LogP contribution in [-0.2, 0) is 11.2 Å². The van der Waals surface area contributed by atoms with E-state index in [9.17, 15) is 4.79 Å². The fourth-order valence-electron chi connectivity index (χ4n) is 2.78. The van der Waals surface area contributed by atoms with E-state index in [2.05, 4.69) is 39.0 Å². The summed E-state index contributed by atoms with van der Waals surface area (Å²) < 4.78 is 0. The van der Waals surface area contributed by atoms with Crippen molar-refractivity contribution in [3.8, 4) is 0 Å². The fourth-order valence-corrected chi connectivity index (χ4v) is 2.78. The molecule has 1 aromatic rings. The maximum Gasteiger partial charge on any atom is 0.307 e. The number of carboxylic acids is 1. The quantitative estimate of drug-likeness (QED) is 0.766. The Bertz CT molecular complexity index is 422. The third-order valence-electron chi connectivity index (χ3n) is 4.28. The molecule has 2 unspecified atom stereocenters. The molecule has 0 radical (unpaired) electrons. The Morgan fingerprint density at radius 3 is 2.35 bits per heavy atom. The standard InChI is InChI=1S/C17H27NO2/c1-4-14(10-15(11-18)17(19)20)8-9-16-12(2)6-5-7-13(16)3/h5-7,14-15H,4,8-11,18H2,1-3H3,(H,19,20). The highest BCUT2D eigenvalue weighted by Gasteiger charge is 2.20. The zero-order valence-corrected chi connectivity index (χ0v) is 12.9. The highest BCUT2D eigenvalue weighted by atomic mass is 16.4. The number of carboxylic acid groups (broad SMARTS) is 1. The highest BCUT2D eigenvalue weighted by Crippen LogP contribution is 2.23. The molecule has 112 valence electrons. The summed E-state index contributed by atoms with van der Waals surface area (Å²) in [4.78, 5) is 11.1. The van der Waals surface area contributed by atoms with Crippen molar-refractivity contribution in [1.29, 1.82) is 0 Å². The first-order valence-electron chi connectivity index (χ1n) is 7.47. The highest BCUT2D eigenvalue weighted by molar-refractivity contribution is 5.70. The molecule has 0 aliphatic heterocycles. The van der Waals surface area contributed by atoms with Gasteiger partial charge in [0.25, 0.3) is 0 Å². The summed E-state index contributed by atoms with van der Waals surface area (Å²) in [6, 6.07) is 6.37. The van der Waals surface area contributed by atoms with Gasteiger partial charge >= 0.3 is 5.97 Å². The molecular weight excluding hydrogens is 250 g/mol. The molecule has 0 aromatic heterocycles. The molecule has 20 heavy (non-hydrogen) atoms. The van der Waals surface area contributed by atoms with Crippen LogP contribution < -0.4 is 5.73 Å². The van der Waals surface area contributed by atoms with Gasteiger partial charge in [-0.25, -0.2) is 0 Å². The molecule has 0 saturated carbocycles. The molecule has 0 spiro atoms. The minimum Gasteiger partial charge on any atom is -0.481 e. The van der Waals surface area contributed by atoms with Crippen molar-refractivity contribution in [2.75, 3.05) is 6.54 Å². The van der Waals surface area contributed by atoms with Crippen LogP contribution in [0.15, 0.2) is 18.2 Å². The average molecular weight is 277 g/mol. The van der Waals surface area contributed by atoms with Crippen LogP contribution >= 0.6 is 0 Å². The summed E-state index contributed by atoms with van der Waals surface area (Å²) in [6.45, 7) is 6.65. The molecular formula is C17H27NO2. The van der Waals surface area contributed by atoms with Crippen molar-refractivity contribution >= 4 is 5.97 Å². The Kier molecular flexibility index (Phi) is 6.73. The molecule has 1 aromatic carbocycles. The number of benzene rings is 1. The molecule has 0 saturated heterocycles. The van der Waals surface area contributed by atoms with Crippen molar-refractivity contribution in [2.24, 2.45) is 17.6 Å². The third kappa shape index (κ3) is 4.64. The predicted octanol–water partition coefficient (Wildman–Crippen LogP) is 3.31. The van der Waals surface area contributed by atoms with E-state index in [1.165, 1.54) is 16.7 Å². The molecule has 1 rings (SSSR count). The second-order valence-corrected chi connectivity index (χ2v) is 5.69. The average Bonchev–Trinajstić information content (AvgIpc) is 2.41. The Balaban J connectivity index is 2.63. The van der Waals surface area contributed by atoms with Crippen molar-refractivity contribution in [3.63, 3.8) is 0 Å². The molecule has 2 atom stereocenters. The summed E-state index contributed by atoms with van der Waals surface area (Å²) in [5.41, 5.74) is 9.61. The number of hydrogen-bond acceptors (Lipinski definition) is 2. The number of rotatable bonds is 8. The molecule has 0 aliphatic rings. The van der Waals surface area contributed by atoms with E-state index < -0.39 is 11.9 Å². The normalized spacial score (nSPS) is 14.0. The van der Waals surface area contributed by atoms with E-state index >= 15 is 0 Å². The van der Waals surface area contributed by atoms with Gasteiger partial charge in [-0.05, 0) is 55.7 Å². The van der Waals surface area contributed by atoms with E-state index in [0.29, 0.717) is 12.3 Å². The zero-order chi connectivity index (χ0) is 15.1. The monoisotopic (exact) mass is 277 g/mol. The first kappa shape index (κ1) is 16.7. The van der Waals surface area contributed by atoms with Crippen molar-refractivity contribution < 1.29 is 9.90 Å². The topological polar surface area (TPSA) is 63.3 Å². The summed E-state index contributed by atoms with van der Waals surface area (Å²) >= 11 is 0. The van der Waals surface area contributed by atoms with Crippen molar-refractivity contribution in [2.45, 2.75) is 46.5 Å². The molecule has 0 bridgehead atoms. The SMILES string of the molecule is CCC(CCc1c(C)cccc1C)CC(CN)C(=O)O. The molecule has 0 amide bonds. The van der Waals surface area contributed by atoms with Gasteiger partial charge in [0.15, 0.2) is 0 Å². The Labute approximate surface area is 122 Å². The minimum atomic E-state index is -0.766. The zero-order valence-electron chi connectivity index (χ0n) is 12.9. The number of aryl methyl sites for hydroxylation is 2. The lowest BCUT2D eigenvalue weighted by atomic mass is 9.86. The van der Waals surface area contributed by atoms with Crippen LogP contribution in [0.5, 0.6) is 0 Å². The van der Waals surface area contributed by atoms with Gasteiger partial charge in [0.2, 0.25) is 0 Å². The first-order chi connectivity index (χ1) is 9.49. The van der Waals surface area contributed by atoms with Gasteiger partial charge in [-0.15, -0.1) is 0 Å². The van der Waals surface area contributed by atoms with E-state index in [0.717, 1.165) is 19.3 Å². The van der Waals surface area contributed by atoms with Gasteiger partial charge in [0.1, 0.15) is 0 Å². The molecule has 3 nitrogen and oxygen atoms in total. The second kappa shape index (κ2) is 8.05. The summed E-state index contributed by atoms with van der Waals surface area (Å²) in [6.07, 6.45) is 3.75. The fraction of sp³-hybridized carbons (Fsp3) is 0.588. The maximum absolute atomic E-state index is 11.1. The predicted molar refractivity (Wildman–Crippen MR) is 82.8 cm³/mol. The molecule has 0 heterocycles. The number of nitrogens with two attached hydrogens (primary N) is 1. The third-order valence-corrected chi connectivity index (χ3v) is 4.28. The van der Waals surface area contributed by atoms with Crippen LogP contribution in [0.4, 0.5) is 0 Å². The summed E-state index contributed by atoms with van der Waals surface area (Å²) in [7, 11) is 0. The van der Waals surface area contributed by atoms with E-state index in [4.69, 9.17) is 10.8 Å². The molecule has 3 N–H and O–H groups in total. The van der Waals surface area contributed by atoms with Crippen molar-refractivity contribution in [1.82, 2.24) is 0 Å². The Morgan fingerprint density at radius 1 is 1.30 bits per heavy atom. The summed E-state index contributed by atoms with van der Waals surface area (Å²) in [5.74, 6) is -0.741. The number of hydrogen-bond donors (Lipinski definition) is 2.